The molecule has 1 atom stereocenters. The molecule has 1 unspecified atom stereocenters. The molecule has 0 radical (unpaired) electrons. The minimum Gasteiger partial charge on any atom is -0.271 e. The first-order valence-electron chi connectivity index (χ1n) is 5.57. The van der Waals surface area contributed by atoms with E-state index in [1.165, 1.54) is 11.5 Å². The van der Waals surface area contributed by atoms with Crippen LogP contribution in [0.2, 0.25) is 0 Å². The van der Waals surface area contributed by atoms with Gasteiger partial charge < -0.3 is 0 Å². The van der Waals surface area contributed by atoms with Gasteiger partial charge in [0, 0.05) is 0 Å². The molecule has 2 rings (SSSR count). The van der Waals surface area contributed by atoms with E-state index in [4.69, 9.17) is 5.84 Å². The van der Waals surface area contributed by atoms with E-state index in [-0.39, 0.29) is 6.04 Å². The van der Waals surface area contributed by atoms with E-state index >= 15 is 0 Å². The predicted molar refractivity (Wildman–Crippen MR) is 69.6 cm³/mol. The Labute approximate surface area is 105 Å². The van der Waals surface area contributed by atoms with Gasteiger partial charge in [-0.2, -0.15) is 0 Å². The number of hydrogen-bond donors (Lipinski definition) is 2. The van der Waals surface area contributed by atoms with Gasteiger partial charge in [0.05, 0.1) is 16.6 Å². The third-order valence-corrected chi connectivity index (χ3v) is 3.45. The highest BCUT2D eigenvalue weighted by Crippen LogP contribution is 2.29. The number of hydrogen-bond acceptors (Lipinski definition) is 5. The van der Waals surface area contributed by atoms with E-state index in [0.29, 0.717) is 5.92 Å². The quantitative estimate of drug-likeness (QED) is 0.643. The summed E-state index contributed by atoms with van der Waals surface area (Å²) in [6, 6.07) is 10.1. The van der Waals surface area contributed by atoms with Crippen molar-refractivity contribution in [2.24, 2.45) is 5.84 Å². The Morgan fingerprint density at radius 1 is 1.24 bits per heavy atom. The lowest BCUT2D eigenvalue weighted by Gasteiger charge is -2.16. The summed E-state index contributed by atoms with van der Waals surface area (Å²) in [7, 11) is 0. The third kappa shape index (κ3) is 2.52. The topological polar surface area (TPSA) is 63.8 Å². The Balaban J connectivity index is 2.39. The zero-order valence-corrected chi connectivity index (χ0v) is 10.7. The van der Waals surface area contributed by atoms with Crippen LogP contribution >= 0.6 is 11.5 Å². The average molecular weight is 248 g/mol. The van der Waals surface area contributed by atoms with Gasteiger partial charge in [-0.15, -0.1) is 5.10 Å². The van der Waals surface area contributed by atoms with Gasteiger partial charge in [-0.05, 0) is 23.0 Å². The Morgan fingerprint density at radius 2 is 1.94 bits per heavy atom. The van der Waals surface area contributed by atoms with E-state index < -0.39 is 0 Å². The van der Waals surface area contributed by atoms with Crippen LogP contribution in [0.5, 0.6) is 0 Å². The van der Waals surface area contributed by atoms with E-state index in [0.717, 1.165) is 16.1 Å². The smallest absolute Gasteiger partial charge is 0.0837 e. The molecule has 0 amide bonds. The van der Waals surface area contributed by atoms with Gasteiger partial charge in [-0.3, -0.25) is 5.84 Å². The first-order chi connectivity index (χ1) is 8.24. The van der Waals surface area contributed by atoms with E-state index in [2.05, 4.69) is 28.9 Å². The second-order valence-electron chi connectivity index (χ2n) is 4.19. The maximum Gasteiger partial charge on any atom is 0.0837 e. The van der Waals surface area contributed by atoms with Gasteiger partial charge in [0.15, 0.2) is 0 Å². The van der Waals surface area contributed by atoms with Crippen LogP contribution in [-0.2, 0) is 0 Å². The number of benzene rings is 1. The highest BCUT2D eigenvalue weighted by molar-refractivity contribution is 7.05. The fraction of sp³-hybridized carbons (Fsp3) is 0.333. The summed E-state index contributed by atoms with van der Waals surface area (Å²) < 4.78 is 4.03. The SMILES string of the molecule is CC(C)c1nnsc1C(NN)c1ccccc1. The molecular weight excluding hydrogens is 232 g/mol. The predicted octanol–water partition coefficient (Wildman–Crippen LogP) is 2.21. The summed E-state index contributed by atoms with van der Waals surface area (Å²) in [6.45, 7) is 4.22. The minimum absolute atomic E-state index is 0.0337. The average Bonchev–Trinajstić information content (AvgIpc) is 2.81. The lowest BCUT2D eigenvalue weighted by atomic mass is 10.0. The summed E-state index contributed by atoms with van der Waals surface area (Å²) in [6.07, 6.45) is 0. The van der Waals surface area contributed by atoms with Crippen molar-refractivity contribution in [1.82, 2.24) is 15.0 Å². The van der Waals surface area contributed by atoms with Crippen LogP contribution in [0.3, 0.4) is 0 Å². The second kappa shape index (κ2) is 5.35. The van der Waals surface area contributed by atoms with Crippen LogP contribution in [0.15, 0.2) is 30.3 Å². The third-order valence-electron chi connectivity index (χ3n) is 2.65. The molecule has 0 aliphatic heterocycles. The Hall–Kier alpha value is -1.30. The van der Waals surface area contributed by atoms with Crippen molar-refractivity contribution in [2.75, 3.05) is 0 Å². The Morgan fingerprint density at radius 3 is 2.53 bits per heavy atom. The number of nitrogens with one attached hydrogen (secondary N) is 1. The van der Waals surface area contributed by atoms with Gasteiger partial charge in [-0.25, -0.2) is 5.43 Å². The number of nitrogens with zero attached hydrogens (tertiary/aromatic N) is 2. The van der Waals surface area contributed by atoms with Crippen LogP contribution < -0.4 is 11.3 Å². The minimum atomic E-state index is -0.0337. The van der Waals surface area contributed by atoms with E-state index in [1.807, 2.05) is 30.3 Å². The fourth-order valence-corrected chi connectivity index (χ4v) is 2.67. The molecule has 0 fully saturated rings. The first kappa shape index (κ1) is 12.2. The standard InChI is InChI=1S/C12H16N4S/c1-8(2)10-12(17-16-15-10)11(14-13)9-6-4-3-5-7-9/h3-8,11,14H,13H2,1-2H3. The molecule has 0 aliphatic rings. The van der Waals surface area contributed by atoms with Crippen LogP contribution in [0.1, 0.15) is 41.9 Å². The van der Waals surface area contributed by atoms with Gasteiger partial charge in [0.2, 0.25) is 0 Å². The molecule has 0 spiro atoms. The molecule has 1 aromatic heterocycles. The molecular formula is C12H16N4S. The molecule has 0 bridgehead atoms. The largest absolute Gasteiger partial charge is 0.271 e. The zero-order valence-electron chi connectivity index (χ0n) is 9.92. The van der Waals surface area contributed by atoms with Crippen LogP contribution in [0, 0.1) is 0 Å². The van der Waals surface area contributed by atoms with Crippen molar-refractivity contribution in [3.05, 3.63) is 46.5 Å². The Kier molecular flexibility index (Phi) is 3.83. The molecule has 0 saturated carbocycles. The number of nitrogens with two attached hydrogens (primary N) is 1. The van der Waals surface area contributed by atoms with Gasteiger partial charge in [-0.1, -0.05) is 48.7 Å². The fourth-order valence-electron chi connectivity index (χ4n) is 1.77. The van der Waals surface area contributed by atoms with E-state index in [9.17, 15) is 0 Å². The Bertz CT molecular complexity index is 466. The van der Waals surface area contributed by atoms with Crippen molar-refractivity contribution in [3.8, 4) is 0 Å². The summed E-state index contributed by atoms with van der Waals surface area (Å²) in [5, 5.41) is 4.18. The molecule has 3 N–H and O–H groups in total. The summed E-state index contributed by atoms with van der Waals surface area (Å²) >= 11 is 1.40. The van der Waals surface area contributed by atoms with Gasteiger partial charge >= 0.3 is 0 Å². The highest BCUT2D eigenvalue weighted by Gasteiger charge is 2.21. The number of aromatic nitrogens is 2. The summed E-state index contributed by atoms with van der Waals surface area (Å²) in [5.41, 5.74) is 4.99. The van der Waals surface area contributed by atoms with Crippen molar-refractivity contribution in [3.63, 3.8) is 0 Å². The van der Waals surface area contributed by atoms with Crippen molar-refractivity contribution in [1.29, 1.82) is 0 Å². The molecule has 17 heavy (non-hydrogen) atoms. The van der Waals surface area contributed by atoms with E-state index in [1.54, 1.807) is 0 Å². The lowest BCUT2D eigenvalue weighted by molar-refractivity contribution is 0.631. The van der Waals surface area contributed by atoms with Crippen LogP contribution in [0.4, 0.5) is 0 Å². The monoisotopic (exact) mass is 248 g/mol. The number of rotatable bonds is 4. The maximum absolute atomic E-state index is 5.67. The van der Waals surface area contributed by atoms with Gasteiger partial charge in [0.25, 0.3) is 0 Å². The number of hydrazine groups is 1. The molecule has 90 valence electrons. The highest BCUT2D eigenvalue weighted by atomic mass is 32.1. The molecule has 0 aliphatic carbocycles. The van der Waals surface area contributed by atoms with Crippen LogP contribution in [0.25, 0.3) is 0 Å². The van der Waals surface area contributed by atoms with Crippen molar-refractivity contribution in [2.45, 2.75) is 25.8 Å². The molecule has 4 nitrogen and oxygen atoms in total. The second-order valence-corrected chi connectivity index (χ2v) is 4.97. The zero-order chi connectivity index (χ0) is 12.3. The van der Waals surface area contributed by atoms with Crippen molar-refractivity contribution < 1.29 is 0 Å². The first-order valence-corrected chi connectivity index (χ1v) is 6.34. The maximum atomic E-state index is 5.67. The molecule has 0 saturated heterocycles. The summed E-state index contributed by atoms with van der Waals surface area (Å²) in [5.74, 6) is 6.02. The van der Waals surface area contributed by atoms with Crippen LogP contribution in [-0.4, -0.2) is 9.59 Å². The molecule has 2 aromatic rings. The molecule has 5 heteroatoms. The van der Waals surface area contributed by atoms with Gasteiger partial charge in [0.1, 0.15) is 0 Å². The molecule has 1 heterocycles. The van der Waals surface area contributed by atoms with Crippen molar-refractivity contribution >= 4 is 11.5 Å². The normalized spacial score (nSPS) is 12.9. The summed E-state index contributed by atoms with van der Waals surface area (Å²) in [4.78, 5) is 1.09. The molecule has 1 aromatic carbocycles. The lowest BCUT2D eigenvalue weighted by Crippen LogP contribution is -2.29.